The van der Waals surface area contributed by atoms with Crippen LogP contribution < -0.4 is 0 Å². The third kappa shape index (κ3) is 64.9. The quantitative estimate of drug-likeness (QED) is 0.0261. The molecule has 0 aromatic heterocycles. The van der Waals surface area contributed by atoms with Gasteiger partial charge in [-0.05, 0) is 44.9 Å². The Morgan fingerprint density at radius 3 is 0.649 bits per heavy atom. The molecule has 0 bridgehead atoms. The minimum atomic E-state index is -0.770. The van der Waals surface area contributed by atoms with Crippen molar-refractivity contribution in [2.45, 2.75) is 412 Å². The number of hydrogen-bond acceptors (Lipinski definition) is 6. The first-order valence-corrected chi connectivity index (χ1v) is 35.2. The van der Waals surface area contributed by atoms with Crippen LogP contribution in [0.2, 0.25) is 0 Å². The van der Waals surface area contributed by atoms with Crippen LogP contribution >= 0.6 is 0 Å². The molecule has 77 heavy (non-hydrogen) atoms. The number of carbonyl (C=O) groups excluding carboxylic acids is 3. The number of hydrogen-bond donors (Lipinski definition) is 0. The molecule has 0 heterocycles. The highest BCUT2D eigenvalue weighted by Gasteiger charge is 2.19. The average molecular weight is 1090 g/mol. The summed E-state index contributed by atoms with van der Waals surface area (Å²) in [5, 5.41) is 0. The molecule has 0 aliphatic rings. The lowest BCUT2D eigenvalue weighted by molar-refractivity contribution is -0.167. The van der Waals surface area contributed by atoms with Crippen molar-refractivity contribution in [1.82, 2.24) is 0 Å². The first-order chi connectivity index (χ1) is 38.0. The van der Waals surface area contributed by atoms with Crippen molar-refractivity contribution in [2.24, 2.45) is 0 Å². The topological polar surface area (TPSA) is 78.9 Å². The highest BCUT2D eigenvalue weighted by Crippen LogP contribution is 2.19. The van der Waals surface area contributed by atoms with E-state index in [1.807, 2.05) is 0 Å². The van der Waals surface area contributed by atoms with Crippen molar-refractivity contribution in [3.05, 3.63) is 12.2 Å². The normalized spacial score (nSPS) is 12.0. The minimum absolute atomic E-state index is 0.0656. The van der Waals surface area contributed by atoms with E-state index in [4.69, 9.17) is 14.2 Å². The van der Waals surface area contributed by atoms with Crippen molar-refractivity contribution in [1.29, 1.82) is 0 Å². The van der Waals surface area contributed by atoms with Gasteiger partial charge in [0.15, 0.2) is 6.10 Å². The van der Waals surface area contributed by atoms with E-state index in [0.717, 1.165) is 64.2 Å². The highest BCUT2D eigenvalue weighted by atomic mass is 16.6. The monoisotopic (exact) mass is 1090 g/mol. The summed E-state index contributed by atoms with van der Waals surface area (Å²) in [4.78, 5) is 38.4. The molecule has 0 aromatic carbocycles. The first kappa shape index (κ1) is 75.2. The molecule has 0 saturated carbocycles. The molecule has 0 radical (unpaired) electrons. The maximum atomic E-state index is 12.9. The van der Waals surface area contributed by atoms with Crippen molar-refractivity contribution in [2.75, 3.05) is 13.2 Å². The molecule has 456 valence electrons. The smallest absolute Gasteiger partial charge is 0.306 e. The summed E-state index contributed by atoms with van der Waals surface area (Å²) in [7, 11) is 0. The van der Waals surface area contributed by atoms with Gasteiger partial charge in [-0.15, -0.1) is 0 Å². The molecule has 0 saturated heterocycles. The predicted molar refractivity (Wildman–Crippen MR) is 335 cm³/mol. The van der Waals surface area contributed by atoms with E-state index in [2.05, 4.69) is 32.9 Å². The fourth-order valence-electron chi connectivity index (χ4n) is 11.0. The zero-order chi connectivity index (χ0) is 55.7. The Morgan fingerprint density at radius 2 is 0.429 bits per heavy atom. The van der Waals surface area contributed by atoms with Gasteiger partial charge in [0.1, 0.15) is 13.2 Å². The third-order valence-electron chi connectivity index (χ3n) is 16.3. The van der Waals surface area contributed by atoms with Gasteiger partial charge in [-0.1, -0.05) is 354 Å². The maximum absolute atomic E-state index is 12.9. The average Bonchev–Trinajstić information content (AvgIpc) is 3.43. The van der Waals surface area contributed by atoms with E-state index in [0.29, 0.717) is 19.3 Å². The van der Waals surface area contributed by atoms with Gasteiger partial charge >= 0.3 is 17.9 Å². The van der Waals surface area contributed by atoms with Gasteiger partial charge in [0.25, 0.3) is 0 Å². The summed E-state index contributed by atoms with van der Waals surface area (Å²) in [6, 6.07) is 0. The van der Waals surface area contributed by atoms with Gasteiger partial charge in [0.05, 0.1) is 0 Å². The van der Waals surface area contributed by atoms with Crippen LogP contribution in [0.4, 0.5) is 0 Å². The third-order valence-corrected chi connectivity index (χ3v) is 16.3. The van der Waals surface area contributed by atoms with E-state index in [1.54, 1.807) is 0 Å². The predicted octanol–water partition coefficient (Wildman–Crippen LogP) is 24.0. The summed E-state index contributed by atoms with van der Waals surface area (Å²) >= 11 is 0. The molecule has 1 atom stereocenters. The molecule has 0 spiro atoms. The lowest BCUT2D eigenvalue weighted by atomic mass is 10.0. The Morgan fingerprint density at radius 1 is 0.247 bits per heavy atom. The molecule has 6 nitrogen and oxygen atoms in total. The Labute approximate surface area is 481 Å². The molecular weight excluding hydrogens is 949 g/mol. The Balaban J connectivity index is 4.24. The van der Waals surface area contributed by atoms with Crippen molar-refractivity contribution >= 4 is 17.9 Å². The van der Waals surface area contributed by atoms with E-state index in [1.165, 1.54) is 302 Å². The Bertz CT molecular complexity index is 1200. The van der Waals surface area contributed by atoms with Crippen LogP contribution in [0.25, 0.3) is 0 Å². The van der Waals surface area contributed by atoms with E-state index >= 15 is 0 Å². The summed E-state index contributed by atoms with van der Waals surface area (Å²) in [5.74, 6) is -0.838. The molecule has 1 unspecified atom stereocenters. The minimum Gasteiger partial charge on any atom is -0.462 e. The van der Waals surface area contributed by atoms with Crippen LogP contribution in [0, 0.1) is 0 Å². The van der Waals surface area contributed by atoms with Gasteiger partial charge in [0.2, 0.25) is 0 Å². The van der Waals surface area contributed by atoms with Crippen LogP contribution in [0.1, 0.15) is 406 Å². The zero-order valence-electron chi connectivity index (χ0n) is 52.5. The number of unbranched alkanes of at least 4 members (excludes halogenated alkanes) is 53. The van der Waals surface area contributed by atoms with Crippen LogP contribution in [-0.4, -0.2) is 37.2 Å². The second-order valence-electron chi connectivity index (χ2n) is 24.2. The van der Waals surface area contributed by atoms with Gasteiger partial charge in [-0.2, -0.15) is 0 Å². The molecule has 0 aliphatic heterocycles. The molecule has 0 fully saturated rings. The van der Waals surface area contributed by atoms with Crippen LogP contribution in [0.15, 0.2) is 12.2 Å². The molecule has 0 rings (SSSR count). The molecule has 0 amide bonds. The second kappa shape index (κ2) is 66.7. The Kier molecular flexibility index (Phi) is 65.1. The van der Waals surface area contributed by atoms with Gasteiger partial charge in [-0.25, -0.2) is 0 Å². The summed E-state index contributed by atoms with van der Waals surface area (Å²) < 4.78 is 17.0. The summed E-state index contributed by atoms with van der Waals surface area (Å²) in [6.45, 7) is 6.72. The van der Waals surface area contributed by atoms with Gasteiger partial charge < -0.3 is 14.2 Å². The van der Waals surface area contributed by atoms with E-state index < -0.39 is 6.10 Å². The molecule has 0 N–H and O–H groups in total. The number of carbonyl (C=O) groups is 3. The molecule has 6 heteroatoms. The maximum Gasteiger partial charge on any atom is 0.306 e. The SMILES string of the molecule is CCCCCCCC/C=C\CCCCCCCC(=O)OCC(COC(=O)CCCCCCCCCCCCCCCCCCCCCCCCCC)OC(=O)CCCCCCCCCCCCCCCCCCCCCC. The number of rotatable bonds is 66. The zero-order valence-corrected chi connectivity index (χ0v) is 52.5. The van der Waals surface area contributed by atoms with Crippen LogP contribution in [0.3, 0.4) is 0 Å². The lowest BCUT2D eigenvalue weighted by Gasteiger charge is -2.18. The number of allylic oxidation sites excluding steroid dienone is 2. The standard InChI is InChI=1S/C71H136O6/c1-4-7-10-13-16-19-22-25-28-30-32-34-35-36-37-39-40-43-46-49-52-55-58-61-64-70(73)76-67-68(66-75-69(72)63-60-57-54-51-48-45-42-27-24-21-18-15-12-9-6-3)77-71(74)65-62-59-56-53-50-47-44-41-38-33-31-29-26-23-20-17-14-11-8-5-2/h27,42,68H,4-26,28-41,43-67H2,1-3H3/b42-27-. The van der Waals surface area contributed by atoms with Gasteiger partial charge in [0, 0.05) is 19.3 Å². The lowest BCUT2D eigenvalue weighted by Crippen LogP contribution is -2.30. The highest BCUT2D eigenvalue weighted by molar-refractivity contribution is 5.71. The summed E-state index contributed by atoms with van der Waals surface area (Å²) in [6.07, 6.45) is 79.5. The molecule has 0 aromatic rings. The first-order valence-electron chi connectivity index (χ1n) is 35.2. The molecule has 0 aliphatic carbocycles. The van der Waals surface area contributed by atoms with Crippen molar-refractivity contribution in [3.63, 3.8) is 0 Å². The van der Waals surface area contributed by atoms with Crippen molar-refractivity contribution < 1.29 is 28.6 Å². The number of ether oxygens (including phenoxy) is 3. The van der Waals surface area contributed by atoms with Crippen molar-refractivity contribution in [3.8, 4) is 0 Å². The van der Waals surface area contributed by atoms with Gasteiger partial charge in [-0.3, -0.25) is 14.4 Å². The van der Waals surface area contributed by atoms with Crippen LogP contribution in [0.5, 0.6) is 0 Å². The molecular formula is C71H136O6. The van der Waals surface area contributed by atoms with E-state index in [9.17, 15) is 14.4 Å². The number of esters is 3. The largest absolute Gasteiger partial charge is 0.462 e. The second-order valence-corrected chi connectivity index (χ2v) is 24.2. The van der Waals surface area contributed by atoms with Crippen LogP contribution in [-0.2, 0) is 28.6 Å². The van der Waals surface area contributed by atoms with E-state index in [-0.39, 0.29) is 31.1 Å². The summed E-state index contributed by atoms with van der Waals surface area (Å²) in [5.41, 5.74) is 0. The Hall–Kier alpha value is -1.85. The fraction of sp³-hybridized carbons (Fsp3) is 0.930. The fourth-order valence-corrected chi connectivity index (χ4v) is 11.0.